The minimum Gasteiger partial charge on any atom is -0.504 e. The van der Waals surface area contributed by atoms with Crippen LogP contribution in [0.15, 0.2) is 24.3 Å². The van der Waals surface area contributed by atoms with Crippen LogP contribution in [0.5, 0.6) is 34.5 Å². The summed E-state index contributed by atoms with van der Waals surface area (Å²) in [6.45, 7) is 0. The van der Waals surface area contributed by atoms with Gasteiger partial charge in [-0.2, -0.15) is 0 Å². The molecule has 144 valence electrons. The van der Waals surface area contributed by atoms with Crippen LogP contribution >= 0.6 is 0 Å². The number of rotatable bonds is 5. The van der Waals surface area contributed by atoms with Crippen molar-refractivity contribution >= 4 is 5.78 Å². The summed E-state index contributed by atoms with van der Waals surface area (Å²) in [5.74, 6) is 0.422. The quantitative estimate of drug-likeness (QED) is 0.818. The molecule has 8 heteroatoms. The van der Waals surface area contributed by atoms with E-state index < -0.39 is 18.0 Å². The van der Waals surface area contributed by atoms with Gasteiger partial charge in [-0.3, -0.25) is 4.79 Å². The number of aliphatic hydroxyl groups excluding tert-OH is 1. The third-order valence-electron chi connectivity index (χ3n) is 4.38. The van der Waals surface area contributed by atoms with Crippen LogP contribution in [0.3, 0.4) is 0 Å². The Labute approximate surface area is 155 Å². The summed E-state index contributed by atoms with van der Waals surface area (Å²) in [5, 5.41) is 20.3. The molecule has 0 amide bonds. The largest absolute Gasteiger partial charge is 0.504 e. The number of aromatic hydroxyl groups is 1. The SMILES string of the molecule is COc1cc(C2Oc3cc(OC)c(OC)c(OC)c3C(=O)C2O)ccc1O. The number of ketones is 1. The van der Waals surface area contributed by atoms with Gasteiger partial charge in [0.1, 0.15) is 11.3 Å². The van der Waals surface area contributed by atoms with E-state index in [9.17, 15) is 15.0 Å². The maximum atomic E-state index is 12.9. The molecule has 1 aliphatic heterocycles. The summed E-state index contributed by atoms with van der Waals surface area (Å²) in [6, 6.07) is 5.95. The number of benzene rings is 2. The molecule has 2 aromatic carbocycles. The minimum atomic E-state index is -1.49. The van der Waals surface area contributed by atoms with E-state index in [2.05, 4.69) is 0 Å². The van der Waals surface area contributed by atoms with Gasteiger partial charge in [-0.05, 0) is 17.7 Å². The van der Waals surface area contributed by atoms with Crippen LogP contribution in [0.25, 0.3) is 0 Å². The number of Topliss-reactive ketones (excluding diaryl/α,β-unsaturated/α-hetero) is 1. The molecule has 2 aromatic rings. The molecule has 3 rings (SSSR count). The third-order valence-corrected chi connectivity index (χ3v) is 4.38. The summed E-state index contributed by atoms with van der Waals surface area (Å²) in [4.78, 5) is 12.9. The Balaban J connectivity index is 2.13. The van der Waals surface area contributed by atoms with Crippen molar-refractivity contribution in [2.75, 3.05) is 28.4 Å². The molecule has 0 aromatic heterocycles. The van der Waals surface area contributed by atoms with Crippen molar-refractivity contribution in [3.63, 3.8) is 0 Å². The number of fused-ring (bicyclic) bond motifs is 1. The lowest BCUT2D eigenvalue weighted by Crippen LogP contribution is -2.36. The third kappa shape index (κ3) is 2.97. The van der Waals surface area contributed by atoms with Gasteiger partial charge in [0.05, 0.1) is 28.4 Å². The molecule has 0 bridgehead atoms. The van der Waals surface area contributed by atoms with Crippen LogP contribution in [-0.2, 0) is 0 Å². The lowest BCUT2D eigenvalue weighted by atomic mass is 9.92. The molecule has 0 spiro atoms. The van der Waals surface area contributed by atoms with Crippen molar-refractivity contribution in [2.24, 2.45) is 0 Å². The Morgan fingerprint density at radius 3 is 2.19 bits per heavy atom. The second kappa shape index (κ2) is 7.24. The molecule has 8 nitrogen and oxygen atoms in total. The van der Waals surface area contributed by atoms with Crippen LogP contribution in [0, 0.1) is 0 Å². The maximum absolute atomic E-state index is 12.9. The first kappa shape index (κ1) is 18.7. The number of methoxy groups -OCH3 is 4. The van der Waals surface area contributed by atoms with Crippen molar-refractivity contribution in [3.8, 4) is 34.5 Å². The average Bonchev–Trinajstić information content (AvgIpc) is 2.69. The second-order valence-electron chi connectivity index (χ2n) is 5.80. The van der Waals surface area contributed by atoms with Gasteiger partial charge in [0.15, 0.2) is 35.2 Å². The molecule has 1 aliphatic rings. The summed E-state index contributed by atoms with van der Waals surface area (Å²) in [5.41, 5.74) is 0.537. The molecule has 0 saturated heterocycles. The molecule has 1 heterocycles. The summed E-state index contributed by atoms with van der Waals surface area (Å²) in [7, 11) is 5.65. The molecule has 0 aliphatic carbocycles. The Hall–Kier alpha value is -3.13. The van der Waals surface area contributed by atoms with Crippen molar-refractivity contribution in [1.29, 1.82) is 0 Å². The molecule has 2 atom stereocenters. The van der Waals surface area contributed by atoms with Crippen LogP contribution in [0.4, 0.5) is 0 Å². The van der Waals surface area contributed by atoms with E-state index in [0.717, 1.165) is 0 Å². The molecule has 2 unspecified atom stereocenters. The highest BCUT2D eigenvalue weighted by Crippen LogP contribution is 2.49. The van der Waals surface area contributed by atoms with E-state index in [1.165, 1.54) is 46.6 Å². The molecule has 0 radical (unpaired) electrons. The fourth-order valence-electron chi connectivity index (χ4n) is 3.07. The van der Waals surface area contributed by atoms with E-state index in [1.54, 1.807) is 6.07 Å². The predicted molar refractivity (Wildman–Crippen MR) is 94.5 cm³/mol. The van der Waals surface area contributed by atoms with Gasteiger partial charge < -0.3 is 33.9 Å². The first-order valence-electron chi connectivity index (χ1n) is 8.05. The number of carbonyl (C=O) groups is 1. The fraction of sp³-hybridized carbons (Fsp3) is 0.316. The number of hydrogen-bond acceptors (Lipinski definition) is 8. The van der Waals surface area contributed by atoms with Gasteiger partial charge in [-0.15, -0.1) is 0 Å². The monoisotopic (exact) mass is 376 g/mol. The van der Waals surface area contributed by atoms with Crippen molar-refractivity contribution in [2.45, 2.75) is 12.2 Å². The molecule has 2 N–H and O–H groups in total. The highest BCUT2D eigenvalue weighted by molar-refractivity contribution is 6.06. The van der Waals surface area contributed by atoms with Gasteiger partial charge in [0.25, 0.3) is 0 Å². The van der Waals surface area contributed by atoms with Crippen LogP contribution in [0.1, 0.15) is 22.0 Å². The minimum absolute atomic E-state index is 0.0636. The number of hydrogen-bond donors (Lipinski definition) is 2. The number of aliphatic hydroxyl groups is 1. The van der Waals surface area contributed by atoms with Gasteiger partial charge >= 0.3 is 0 Å². The fourth-order valence-corrected chi connectivity index (χ4v) is 3.07. The summed E-state index contributed by atoms with van der Waals surface area (Å²) in [6.07, 6.45) is -2.49. The lowest BCUT2D eigenvalue weighted by molar-refractivity contribution is 0.0208. The van der Waals surface area contributed by atoms with Crippen molar-refractivity contribution in [1.82, 2.24) is 0 Å². The molecule has 0 saturated carbocycles. The standard InChI is InChI=1S/C19H20O8/c1-23-11-7-9(5-6-10(11)20)17-16(22)15(21)14-12(27-17)8-13(24-2)18(25-3)19(14)26-4/h5-8,16-17,20,22H,1-4H3. The Kier molecular flexibility index (Phi) is 5.00. The van der Waals surface area contributed by atoms with Crippen molar-refractivity contribution in [3.05, 3.63) is 35.4 Å². The van der Waals surface area contributed by atoms with E-state index in [0.29, 0.717) is 11.3 Å². The van der Waals surface area contributed by atoms with E-state index in [1.807, 2.05) is 0 Å². The summed E-state index contributed by atoms with van der Waals surface area (Å²) < 4.78 is 26.9. The normalized spacial score (nSPS) is 18.3. The average molecular weight is 376 g/mol. The zero-order valence-corrected chi connectivity index (χ0v) is 15.3. The second-order valence-corrected chi connectivity index (χ2v) is 5.80. The summed E-state index contributed by atoms with van der Waals surface area (Å²) >= 11 is 0. The molecule has 0 fully saturated rings. The zero-order chi connectivity index (χ0) is 19.7. The Morgan fingerprint density at radius 2 is 1.59 bits per heavy atom. The first-order chi connectivity index (χ1) is 13.0. The molecular formula is C19H20O8. The molecule has 27 heavy (non-hydrogen) atoms. The smallest absolute Gasteiger partial charge is 0.204 e. The van der Waals surface area contributed by atoms with Crippen LogP contribution in [-0.4, -0.2) is 50.5 Å². The first-order valence-corrected chi connectivity index (χ1v) is 8.05. The van der Waals surface area contributed by atoms with Gasteiger partial charge in [0.2, 0.25) is 11.5 Å². The number of phenolic OH excluding ortho intramolecular Hbond substituents is 1. The zero-order valence-electron chi connectivity index (χ0n) is 15.3. The van der Waals surface area contributed by atoms with Gasteiger partial charge in [-0.25, -0.2) is 0 Å². The van der Waals surface area contributed by atoms with E-state index >= 15 is 0 Å². The molecular weight excluding hydrogens is 356 g/mol. The predicted octanol–water partition coefficient (Wildman–Crippen LogP) is 2.10. The maximum Gasteiger partial charge on any atom is 0.204 e. The lowest BCUT2D eigenvalue weighted by Gasteiger charge is -2.31. The number of ether oxygens (including phenoxy) is 5. The van der Waals surface area contributed by atoms with Crippen molar-refractivity contribution < 1.29 is 38.7 Å². The van der Waals surface area contributed by atoms with Gasteiger partial charge in [0, 0.05) is 6.07 Å². The highest BCUT2D eigenvalue weighted by atomic mass is 16.5. The van der Waals surface area contributed by atoms with E-state index in [4.69, 9.17) is 23.7 Å². The highest BCUT2D eigenvalue weighted by Gasteiger charge is 2.41. The van der Waals surface area contributed by atoms with Crippen LogP contribution in [0.2, 0.25) is 0 Å². The van der Waals surface area contributed by atoms with Gasteiger partial charge in [-0.1, -0.05) is 6.07 Å². The Bertz CT molecular complexity index is 876. The number of phenols is 1. The topological polar surface area (TPSA) is 104 Å². The Morgan fingerprint density at radius 1 is 0.926 bits per heavy atom. The van der Waals surface area contributed by atoms with E-state index in [-0.39, 0.29) is 34.3 Å². The van der Waals surface area contributed by atoms with Crippen LogP contribution < -0.4 is 23.7 Å². The number of carbonyl (C=O) groups excluding carboxylic acids is 1.